The Morgan fingerprint density at radius 3 is 2.24 bits per heavy atom. The Labute approximate surface area is 176 Å². The standard InChI is InChI=1S/C26H37O2P/c1-25-14-12-18-19-13-15-26(27)16-23(26)21(19)9-8-20(18)22(25)10-11-24(25)29(2,28)17-6-4-3-5-7-17/h3-7,18-24,27H,8-16H2,1-2H3/t18-,19-,20-,21+,22+,23?,24+,25+,26+,29?/m1/s1. The summed E-state index contributed by atoms with van der Waals surface area (Å²) in [4.78, 5) is 0. The van der Waals surface area contributed by atoms with E-state index in [1.54, 1.807) is 0 Å². The molecule has 6 rings (SSSR count). The normalized spacial score (nSPS) is 52.4. The van der Waals surface area contributed by atoms with Crippen molar-refractivity contribution in [1.29, 1.82) is 0 Å². The summed E-state index contributed by atoms with van der Waals surface area (Å²) in [5.74, 6) is 4.79. The van der Waals surface area contributed by atoms with Gasteiger partial charge in [-0.3, -0.25) is 0 Å². The van der Waals surface area contributed by atoms with Gasteiger partial charge in [0.1, 0.15) is 7.14 Å². The molecule has 1 aromatic carbocycles. The molecule has 0 spiro atoms. The maximum Gasteiger partial charge on any atom is 0.116 e. The SMILES string of the molecule is C[C@]12CC[C@@H]3[C@H]4CC[C@]5(O)CC5[C@H]4CC[C@H]3[C@@H]1CC[C@@H]2P(C)(=O)c1ccccc1. The molecule has 3 heteroatoms. The van der Waals surface area contributed by atoms with E-state index in [-0.39, 0.29) is 11.0 Å². The summed E-state index contributed by atoms with van der Waals surface area (Å²) in [5.41, 5.74) is 0.351. The Morgan fingerprint density at radius 1 is 0.862 bits per heavy atom. The monoisotopic (exact) mass is 412 g/mol. The maximum atomic E-state index is 14.1. The third-order valence-electron chi connectivity index (χ3n) is 10.8. The minimum Gasteiger partial charge on any atom is -0.390 e. The number of hydrogen-bond donors (Lipinski definition) is 1. The van der Waals surface area contributed by atoms with Crippen LogP contribution in [0.15, 0.2) is 30.3 Å². The van der Waals surface area contributed by atoms with Crippen molar-refractivity contribution >= 4 is 12.4 Å². The molecule has 158 valence electrons. The van der Waals surface area contributed by atoms with E-state index in [2.05, 4.69) is 37.9 Å². The number of benzene rings is 1. The molecule has 10 atom stereocenters. The summed E-state index contributed by atoms with van der Waals surface area (Å²) in [6.45, 7) is 4.59. The molecule has 5 fully saturated rings. The van der Waals surface area contributed by atoms with E-state index < -0.39 is 7.14 Å². The summed E-state index contributed by atoms with van der Waals surface area (Å²) >= 11 is 0. The minimum absolute atomic E-state index is 0.253. The van der Waals surface area contributed by atoms with Gasteiger partial charge < -0.3 is 9.67 Å². The van der Waals surface area contributed by atoms with Gasteiger partial charge in [-0.05, 0) is 105 Å². The summed E-state index contributed by atoms with van der Waals surface area (Å²) in [6.07, 6.45) is 11.2. The molecule has 0 bridgehead atoms. The Kier molecular flexibility index (Phi) is 4.11. The van der Waals surface area contributed by atoms with E-state index >= 15 is 0 Å². The van der Waals surface area contributed by atoms with Crippen LogP contribution in [0, 0.1) is 40.9 Å². The first kappa shape index (κ1) is 19.1. The largest absolute Gasteiger partial charge is 0.390 e. The van der Waals surface area contributed by atoms with E-state index in [0.29, 0.717) is 11.6 Å². The molecule has 5 aliphatic rings. The Morgan fingerprint density at radius 2 is 1.52 bits per heavy atom. The second kappa shape index (κ2) is 6.23. The van der Waals surface area contributed by atoms with Crippen molar-refractivity contribution in [2.24, 2.45) is 40.9 Å². The summed E-state index contributed by atoms with van der Waals surface area (Å²) in [7, 11) is -2.37. The van der Waals surface area contributed by atoms with E-state index in [9.17, 15) is 9.67 Å². The fourth-order valence-corrected chi connectivity index (χ4v) is 12.6. The molecule has 2 unspecified atom stereocenters. The average Bonchev–Trinajstić information content (AvgIpc) is 3.29. The predicted molar refractivity (Wildman–Crippen MR) is 119 cm³/mol. The molecule has 0 saturated heterocycles. The van der Waals surface area contributed by atoms with Gasteiger partial charge in [0.15, 0.2) is 0 Å². The van der Waals surface area contributed by atoms with Crippen molar-refractivity contribution in [1.82, 2.24) is 0 Å². The summed E-state index contributed by atoms with van der Waals surface area (Å²) in [5, 5.41) is 11.8. The summed E-state index contributed by atoms with van der Waals surface area (Å²) in [6, 6.07) is 10.4. The van der Waals surface area contributed by atoms with Crippen molar-refractivity contribution in [3.05, 3.63) is 30.3 Å². The highest BCUT2D eigenvalue weighted by atomic mass is 31.2. The van der Waals surface area contributed by atoms with Crippen LogP contribution in [0.5, 0.6) is 0 Å². The molecule has 5 saturated carbocycles. The molecular weight excluding hydrogens is 375 g/mol. The topological polar surface area (TPSA) is 37.3 Å². The van der Waals surface area contributed by atoms with Gasteiger partial charge in [-0.1, -0.05) is 37.3 Å². The van der Waals surface area contributed by atoms with Gasteiger partial charge in [-0.2, -0.15) is 0 Å². The molecule has 1 aromatic rings. The molecule has 1 N–H and O–H groups in total. The highest BCUT2D eigenvalue weighted by molar-refractivity contribution is 7.71. The quantitative estimate of drug-likeness (QED) is 0.634. The highest BCUT2D eigenvalue weighted by Gasteiger charge is 2.65. The van der Waals surface area contributed by atoms with Crippen LogP contribution in [0.2, 0.25) is 0 Å². The molecule has 2 nitrogen and oxygen atoms in total. The zero-order valence-corrected chi connectivity index (χ0v) is 19.0. The lowest BCUT2D eigenvalue weighted by atomic mass is 9.50. The first-order valence-electron chi connectivity index (χ1n) is 12.2. The zero-order chi connectivity index (χ0) is 20.0. The van der Waals surface area contributed by atoms with Gasteiger partial charge >= 0.3 is 0 Å². The molecule has 5 aliphatic carbocycles. The van der Waals surface area contributed by atoms with Crippen molar-refractivity contribution in [3.8, 4) is 0 Å². The predicted octanol–water partition coefficient (Wildman–Crippen LogP) is 5.69. The maximum absolute atomic E-state index is 14.1. The van der Waals surface area contributed by atoms with Crippen LogP contribution in [0.3, 0.4) is 0 Å². The van der Waals surface area contributed by atoms with Crippen molar-refractivity contribution in [2.45, 2.75) is 76.0 Å². The van der Waals surface area contributed by atoms with Gasteiger partial charge in [0.2, 0.25) is 0 Å². The third-order valence-corrected chi connectivity index (χ3v) is 14.1. The van der Waals surface area contributed by atoms with Crippen LogP contribution in [0.25, 0.3) is 0 Å². The second-order valence-corrected chi connectivity index (χ2v) is 14.9. The first-order valence-corrected chi connectivity index (χ1v) is 14.4. The van der Waals surface area contributed by atoms with Crippen molar-refractivity contribution < 1.29 is 9.67 Å². The fourth-order valence-electron chi connectivity index (χ4n) is 9.37. The van der Waals surface area contributed by atoms with Gasteiger partial charge in [0.25, 0.3) is 0 Å². The Balaban J connectivity index is 1.27. The number of rotatable bonds is 2. The third kappa shape index (κ3) is 2.61. The second-order valence-electron chi connectivity index (χ2n) is 11.8. The molecule has 0 aromatic heterocycles. The highest BCUT2D eigenvalue weighted by Crippen LogP contribution is 2.71. The average molecular weight is 413 g/mol. The number of aliphatic hydroxyl groups is 1. The lowest BCUT2D eigenvalue weighted by Gasteiger charge is -2.56. The van der Waals surface area contributed by atoms with E-state index in [1.165, 1.54) is 38.5 Å². The lowest BCUT2D eigenvalue weighted by Crippen LogP contribution is -2.50. The lowest BCUT2D eigenvalue weighted by molar-refractivity contribution is -0.0697. The molecule has 0 aliphatic heterocycles. The number of hydrogen-bond acceptors (Lipinski definition) is 2. The van der Waals surface area contributed by atoms with Crippen molar-refractivity contribution in [2.75, 3.05) is 6.66 Å². The fraction of sp³-hybridized carbons (Fsp3) is 0.769. The van der Waals surface area contributed by atoms with Gasteiger partial charge in [0.05, 0.1) is 5.60 Å². The van der Waals surface area contributed by atoms with E-state index in [1.807, 2.05) is 6.07 Å². The summed E-state index contributed by atoms with van der Waals surface area (Å²) < 4.78 is 14.1. The first-order chi connectivity index (χ1) is 13.8. The molecule has 0 radical (unpaired) electrons. The van der Waals surface area contributed by atoms with Crippen molar-refractivity contribution in [3.63, 3.8) is 0 Å². The van der Waals surface area contributed by atoms with Crippen LogP contribution < -0.4 is 5.30 Å². The molecular formula is C26H37O2P. The Hall–Kier alpha value is -0.590. The molecule has 0 heterocycles. The van der Waals surface area contributed by atoms with Crippen LogP contribution in [-0.4, -0.2) is 23.0 Å². The minimum atomic E-state index is -2.37. The number of fused-ring (bicyclic) bond motifs is 7. The molecule has 29 heavy (non-hydrogen) atoms. The van der Waals surface area contributed by atoms with Crippen LogP contribution >= 0.6 is 7.14 Å². The van der Waals surface area contributed by atoms with E-state index in [4.69, 9.17) is 0 Å². The van der Waals surface area contributed by atoms with Gasteiger partial charge in [0, 0.05) is 11.0 Å². The zero-order valence-electron chi connectivity index (χ0n) is 18.1. The Bertz CT molecular complexity index is 852. The van der Waals surface area contributed by atoms with Gasteiger partial charge in [-0.25, -0.2) is 0 Å². The van der Waals surface area contributed by atoms with Gasteiger partial charge in [-0.15, -0.1) is 0 Å². The van der Waals surface area contributed by atoms with Crippen LogP contribution in [0.4, 0.5) is 0 Å². The van der Waals surface area contributed by atoms with Crippen LogP contribution in [0.1, 0.15) is 64.7 Å². The smallest absolute Gasteiger partial charge is 0.116 e. The molecule has 0 amide bonds. The van der Waals surface area contributed by atoms with Crippen LogP contribution in [-0.2, 0) is 4.57 Å². The van der Waals surface area contributed by atoms with E-state index in [0.717, 1.165) is 54.2 Å².